The molecule has 0 fully saturated rings. The third-order valence-corrected chi connectivity index (χ3v) is 3.74. The van der Waals surface area contributed by atoms with Crippen LogP contribution in [0.1, 0.15) is 16.1 Å². The maximum absolute atomic E-state index is 10.8. The lowest BCUT2D eigenvalue weighted by molar-refractivity contribution is -0.136. The number of carbonyl (C=O) groups is 1. The Morgan fingerprint density at radius 1 is 1.42 bits per heavy atom. The molecule has 1 aromatic heterocycles. The number of aliphatic carboxylic acids is 1. The van der Waals surface area contributed by atoms with Crippen molar-refractivity contribution in [1.82, 2.24) is 4.98 Å². The maximum atomic E-state index is 10.8. The van der Waals surface area contributed by atoms with E-state index in [1.165, 1.54) is 4.88 Å². The van der Waals surface area contributed by atoms with Gasteiger partial charge in [0.25, 0.3) is 0 Å². The number of para-hydroxylation sites is 1. The minimum Gasteiger partial charge on any atom is -0.493 e. The van der Waals surface area contributed by atoms with E-state index in [-0.39, 0.29) is 6.42 Å². The molecular weight excluding hydrogens is 262 g/mol. The summed E-state index contributed by atoms with van der Waals surface area (Å²) in [5, 5.41) is 8.84. The average molecular weight is 277 g/mol. The number of aromatic nitrogens is 1. The number of benzene rings is 1. The molecule has 0 radical (unpaired) electrons. The second kappa shape index (κ2) is 6.33. The fourth-order valence-electron chi connectivity index (χ4n) is 1.77. The quantitative estimate of drug-likeness (QED) is 0.882. The number of hydrogen-bond donors (Lipinski definition) is 1. The monoisotopic (exact) mass is 277 g/mol. The van der Waals surface area contributed by atoms with Crippen LogP contribution in [0.3, 0.4) is 0 Å². The van der Waals surface area contributed by atoms with Gasteiger partial charge in [0.15, 0.2) is 0 Å². The van der Waals surface area contributed by atoms with Crippen LogP contribution in [-0.4, -0.2) is 22.7 Å². The third kappa shape index (κ3) is 3.79. The molecule has 1 heterocycles. The number of carboxylic acids is 1. The molecule has 0 saturated carbocycles. The first-order chi connectivity index (χ1) is 9.16. The van der Waals surface area contributed by atoms with Gasteiger partial charge in [-0.05, 0) is 13.0 Å². The van der Waals surface area contributed by atoms with E-state index in [2.05, 4.69) is 4.98 Å². The molecule has 100 valence electrons. The molecule has 0 amide bonds. The molecule has 0 unspecified atom stereocenters. The van der Waals surface area contributed by atoms with E-state index in [0.29, 0.717) is 17.9 Å². The second-order valence-electron chi connectivity index (χ2n) is 4.14. The minimum absolute atomic E-state index is 0.0181. The highest BCUT2D eigenvalue weighted by Gasteiger charge is 2.08. The number of thiazole rings is 1. The van der Waals surface area contributed by atoms with Gasteiger partial charge >= 0.3 is 5.97 Å². The molecule has 0 bridgehead atoms. The zero-order valence-corrected chi connectivity index (χ0v) is 11.4. The Kier molecular flexibility index (Phi) is 4.52. The molecule has 4 nitrogen and oxygen atoms in total. The standard InChI is InChI=1S/C14H15NO3S/c1-10-13(19-9-15-10)6-7-18-12-5-3-2-4-11(12)8-14(16)17/h2-5,9H,6-8H2,1H3,(H,16,17). The first-order valence-corrected chi connectivity index (χ1v) is 6.86. The van der Waals surface area contributed by atoms with E-state index in [1.807, 2.05) is 24.6 Å². The Bertz CT molecular complexity index is 565. The van der Waals surface area contributed by atoms with Crippen LogP contribution in [0.25, 0.3) is 0 Å². The number of ether oxygens (including phenoxy) is 1. The first kappa shape index (κ1) is 13.5. The number of rotatable bonds is 6. The molecule has 0 spiro atoms. The van der Waals surface area contributed by atoms with Gasteiger partial charge in [-0.2, -0.15) is 0 Å². The van der Waals surface area contributed by atoms with Crippen molar-refractivity contribution in [3.8, 4) is 5.75 Å². The van der Waals surface area contributed by atoms with Crippen LogP contribution in [-0.2, 0) is 17.6 Å². The lowest BCUT2D eigenvalue weighted by Crippen LogP contribution is -2.06. The SMILES string of the molecule is Cc1ncsc1CCOc1ccccc1CC(=O)O. The van der Waals surface area contributed by atoms with Gasteiger partial charge in [0.1, 0.15) is 5.75 Å². The molecule has 0 aliphatic heterocycles. The van der Waals surface area contributed by atoms with Crippen LogP contribution >= 0.6 is 11.3 Å². The summed E-state index contributed by atoms with van der Waals surface area (Å²) in [5.41, 5.74) is 3.56. The van der Waals surface area contributed by atoms with Gasteiger partial charge in [-0.3, -0.25) is 4.79 Å². The topological polar surface area (TPSA) is 59.4 Å². The van der Waals surface area contributed by atoms with Crippen LogP contribution in [0.5, 0.6) is 5.75 Å². The molecule has 1 N–H and O–H groups in total. The minimum atomic E-state index is -0.852. The average Bonchev–Trinajstić information content (AvgIpc) is 2.77. The number of hydrogen-bond acceptors (Lipinski definition) is 4. The highest BCUT2D eigenvalue weighted by Crippen LogP contribution is 2.19. The van der Waals surface area contributed by atoms with Crippen molar-refractivity contribution in [2.45, 2.75) is 19.8 Å². The molecule has 5 heteroatoms. The number of carboxylic acid groups (broad SMARTS) is 1. The first-order valence-electron chi connectivity index (χ1n) is 5.98. The summed E-state index contributed by atoms with van der Waals surface area (Å²) in [4.78, 5) is 16.2. The van der Waals surface area contributed by atoms with E-state index in [0.717, 1.165) is 12.1 Å². The molecular formula is C14H15NO3S. The zero-order chi connectivity index (χ0) is 13.7. The van der Waals surface area contributed by atoms with Crippen molar-refractivity contribution in [2.75, 3.05) is 6.61 Å². The predicted octanol–water partition coefficient (Wildman–Crippen LogP) is 2.70. The van der Waals surface area contributed by atoms with Crippen LogP contribution in [0, 0.1) is 6.92 Å². The van der Waals surface area contributed by atoms with Gasteiger partial charge in [0.05, 0.1) is 24.2 Å². The van der Waals surface area contributed by atoms with Crippen molar-refractivity contribution in [2.24, 2.45) is 0 Å². The van der Waals surface area contributed by atoms with Crippen LogP contribution in [0.2, 0.25) is 0 Å². The van der Waals surface area contributed by atoms with Crippen molar-refractivity contribution >= 4 is 17.3 Å². The second-order valence-corrected chi connectivity index (χ2v) is 5.08. The van der Waals surface area contributed by atoms with Gasteiger partial charge in [0, 0.05) is 16.9 Å². The predicted molar refractivity (Wildman–Crippen MR) is 73.8 cm³/mol. The third-order valence-electron chi connectivity index (χ3n) is 2.75. The molecule has 0 aliphatic rings. The smallest absolute Gasteiger partial charge is 0.307 e. The Morgan fingerprint density at radius 3 is 2.89 bits per heavy atom. The molecule has 0 atom stereocenters. The summed E-state index contributed by atoms with van der Waals surface area (Å²) in [6.45, 7) is 2.50. The molecule has 0 aliphatic carbocycles. The van der Waals surface area contributed by atoms with Crippen molar-refractivity contribution < 1.29 is 14.6 Å². The number of nitrogens with zero attached hydrogens (tertiary/aromatic N) is 1. The molecule has 19 heavy (non-hydrogen) atoms. The normalized spacial score (nSPS) is 10.4. The summed E-state index contributed by atoms with van der Waals surface area (Å²) < 4.78 is 5.68. The summed E-state index contributed by atoms with van der Waals surface area (Å²) in [6, 6.07) is 7.25. The van der Waals surface area contributed by atoms with Gasteiger partial charge in [-0.25, -0.2) is 4.98 Å². The highest BCUT2D eigenvalue weighted by atomic mass is 32.1. The van der Waals surface area contributed by atoms with Crippen molar-refractivity contribution in [1.29, 1.82) is 0 Å². The lowest BCUT2D eigenvalue weighted by Gasteiger charge is -2.09. The summed E-state index contributed by atoms with van der Waals surface area (Å²) >= 11 is 1.61. The van der Waals surface area contributed by atoms with Gasteiger partial charge in [-0.15, -0.1) is 11.3 Å². The summed E-state index contributed by atoms with van der Waals surface area (Å²) in [5.74, 6) is -0.207. The van der Waals surface area contributed by atoms with E-state index >= 15 is 0 Å². The van der Waals surface area contributed by atoms with Crippen LogP contribution in [0.4, 0.5) is 0 Å². The van der Waals surface area contributed by atoms with Gasteiger partial charge in [-0.1, -0.05) is 18.2 Å². The Morgan fingerprint density at radius 2 is 2.21 bits per heavy atom. The van der Waals surface area contributed by atoms with Crippen LogP contribution in [0.15, 0.2) is 29.8 Å². The Balaban J connectivity index is 1.96. The summed E-state index contributed by atoms with van der Waals surface area (Å²) in [6.07, 6.45) is 0.771. The highest BCUT2D eigenvalue weighted by molar-refractivity contribution is 7.09. The fraction of sp³-hybridized carbons (Fsp3) is 0.286. The molecule has 2 rings (SSSR count). The maximum Gasteiger partial charge on any atom is 0.307 e. The largest absolute Gasteiger partial charge is 0.493 e. The van der Waals surface area contributed by atoms with Crippen molar-refractivity contribution in [3.05, 3.63) is 45.9 Å². The van der Waals surface area contributed by atoms with Gasteiger partial charge in [0.2, 0.25) is 0 Å². The Hall–Kier alpha value is -1.88. The molecule has 1 aromatic carbocycles. The Labute approximate surface area is 115 Å². The van der Waals surface area contributed by atoms with Crippen molar-refractivity contribution in [3.63, 3.8) is 0 Å². The lowest BCUT2D eigenvalue weighted by atomic mass is 10.1. The van der Waals surface area contributed by atoms with Crippen LogP contribution < -0.4 is 4.74 Å². The van der Waals surface area contributed by atoms with E-state index in [9.17, 15) is 4.79 Å². The molecule has 2 aromatic rings. The number of aryl methyl sites for hydroxylation is 1. The molecule has 0 saturated heterocycles. The fourth-order valence-corrected chi connectivity index (χ4v) is 2.54. The van der Waals surface area contributed by atoms with E-state index in [1.54, 1.807) is 23.5 Å². The van der Waals surface area contributed by atoms with Gasteiger partial charge < -0.3 is 9.84 Å². The van der Waals surface area contributed by atoms with E-state index in [4.69, 9.17) is 9.84 Å². The summed E-state index contributed by atoms with van der Waals surface area (Å²) in [7, 11) is 0. The zero-order valence-electron chi connectivity index (χ0n) is 10.6. The van der Waals surface area contributed by atoms with E-state index < -0.39 is 5.97 Å².